The van der Waals surface area contributed by atoms with Crippen molar-refractivity contribution in [3.8, 4) is 0 Å². The summed E-state index contributed by atoms with van der Waals surface area (Å²) in [6.07, 6.45) is 1.65. The van der Waals surface area contributed by atoms with Crippen molar-refractivity contribution < 1.29 is 4.79 Å². The highest BCUT2D eigenvalue weighted by atomic mass is 79.9. The number of carbonyl (C=O) groups excluding carboxylic acids is 1. The van der Waals surface area contributed by atoms with Crippen LogP contribution in [0.4, 0.5) is 0 Å². The lowest BCUT2D eigenvalue weighted by Crippen LogP contribution is -2.27. The Balaban J connectivity index is 1.90. The summed E-state index contributed by atoms with van der Waals surface area (Å²) in [6.45, 7) is 8.43. The molecule has 2 rings (SSSR count). The van der Waals surface area contributed by atoms with Crippen LogP contribution in [-0.4, -0.2) is 29.2 Å². The molecule has 2 nitrogen and oxygen atoms in total. The fraction of sp³-hybridized carbons (Fsp3) is 0.588. The third-order valence-corrected chi connectivity index (χ3v) is 4.92. The Morgan fingerprint density at radius 1 is 1.25 bits per heavy atom. The molecule has 1 amide bonds. The average molecular weight is 338 g/mol. The smallest absolute Gasteiger partial charge is 0.222 e. The average Bonchev–Trinajstić information content (AvgIpc) is 2.76. The molecule has 0 saturated carbocycles. The highest BCUT2D eigenvalue weighted by Crippen LogP contribution is 2.23. The van der Waals surface area contributed by atoms with Gasteiger partial charge in [-0.05, 0) is 28.9 Å². The van der Waals surface area contributed by atoms with Crippen molar-refractivity contribution >= 4 is 21.8 Å². The predicted molar refractivity (Wildman–Crippen MR) is 87.3 cm³/mol. The van der Waals surface area contributed by atoms with Gasteiger partial charge in [0.1, 0.15) is 0 Å². The first-order valence-corrected chi connectivity index (χ1v) is 8.45. The summed E-state index contributed by atoms with van der Waals surface area (Å²) in [6, 6.07) is 8.82. The first-order valence-electron chi connectivity index (χ1n) is 7.33. The van der Waals surface area contributed by atoms with Gasteiger partial charge in [-0.15, -0.1) is 0 Å². The molecule has 1 saturated heterocycles. The quantitative estimate of drug-likeness (QED) is 0.766. The first-order chi connectivity index (χ1) is 9.40. The number of benzene rings is 1. The maximum absolute atomic E-state index is 11.9. The van der Waals surface area contributed by atoms with E-state index in [0.717, 1.165) is 24.8 Å². The lowest BCUT2D eigenvalue weighted by molar-refractivity contribution is -0.127. The van der Waals surface area contributed by atoms with Crippen LogP contribution in [0.25, 0.3) is 0 Å². The van der Waals surface area contributed by atoms with Crippen molar-refractivity contribution in [2.75, 3.05) is 18.4 Å². The monoisotopic (exact) mass is 337 g/mol. The van der Waals surface area contributed by atoms with E-state index in [1.807, 2.05) is 4.90 Å². The number of likely N-dealkylation sites (tertiary alicyclic amines) is 1. The Hall–Kier alpha value is -0.830. The van der Waals surface area contributed by atoms with E-state index in [1.165, 1.54) is 11.1 Å². The van der Waals surface area contributed by atoms with E-state index in [1.54, 1.807) is 0 Å². The molecule has 0 aliphatic carbocycles. The molecule has 110 valence electrons. The highest BCUT2D eigenvalue weighted by Gasteiger charge is 2.28. The van der Waals surface area contributed by atoms with Crippen LogP contribution in [-0.2, 0) is 16.6 Å². The maximum atomic E-state index is 11.9. The molecule has 1 aromatic rings. The van der Waals surface area contributed by atoms with Crippen LogP contribution in [0.2, 0.25) is 0 Å². The normalized spacial score (nSPS) is 19.7. The second-order valence-corrected chi connectivity index (χ2v) is 7.41. The van der Waals surface area contributed by atoms with E-state index >= 15 is 0 Å². The third kappa shape index (κ3) is 3.85. The summed E-state index contributed by atoms with van der Waals surface area (Å²) >= 11 is 3.47. The van der Waals surface area contributed by atoms with Crippen LogP contribution in [0.3, 0.4) is 0 Å². The third-order valence-electron chi connectivity index (χ3n) is 4.00. The van der Waals surface area contributed by atoms with E-state index in [2.05, 4.69) is 61.0 Å². The molecule has 3 heteroatoms. The van der Waals surface area contributed by atoms with Crippen LogP contribution < -0.4 is 0 Å². The minimum Gasteiger partial charge on any atom is -0.342 e. The first kappa shape index (κ1) is 15.6. The minimum absolute atomic E-state index is 0.201. The molecule has 0 radical (unpaired) electrons. The molecule has 1 atom stereocenters. The molecule has 0 N–H and O–H groups in total. The number of amides is 1. The molecule has 1 aromatic carbocycles. The van der Waals surface area contributed by atoms with Gasteiger partial charge in [-0.1, -0.05) is 61.0 Å². The fourth-order valence-corrected chi connectivity index (χ4v) is 3.04. The summed E-state index contributed by atoms with van der Waals surface area (Å²) in [7, 11) is 0. The molecule has 1 aliphatic rings. The van der Waals surface area contributed by atoms with E-state index in [4.69, 9.17) is 0 Å². The summed E-state index contributed by atoms with van der Waals surface area (Å²) in [5, 5.41) is 0.926. The zero-order chi connectivity index (χ0) is 14.8. The van der Waals surface area contributed by atoms with Gasteiger partial charge in [0, 0.05) is 24.8 Å². The van der Waals surface area contributed by atoms with Crippen molar-refractivity contribution in [3.63, 3.8) is 0 Å². The summed E-state index contributed by atoms with van der Waals surface area (Å²) < 4.78 is 0. The standard InChI is InChI=1S/C17H24BrNO/c1-17(2,3)15-6-4-13(5-7-15)8-9-19-12-14(11-18)10-16(19)20/h4-7,14H,8-12H2,1-3H3. The number of halogens is 1. The Morgan fingerprint density at radius 3 is 2.40 bits per heavy atom. The zero-order valence-electron chi connectivity index (χ0n) is 12.7. The Kier molecular flexibility index (Phi) is 4.90. The molecule has 0 aromatic heterocycles. The fourth-order valence-electron chi connectivity index (χ4n) is 2.61. The molecule has 1 heterocycles. The van der Waals surface area contributed by atoms with E-state index in [-0.39, 0.29) is 5.41 Å². The van der Waals surface area contributed by atoms with Gasteiger partial charge in [0.15, 0.2) is 0 Å². The van der Waals surface area contributed by atoms with E-state index in [0.29, 0.717) is 18.2 Å². The molecular formula is C17H24BrNO. The number of carbonyl (C=O) groups is 1. The van der Waals surface area contributed by atoms with Gasteiger partial charge in [0.25, 0.3) is 0 Å². The lowest BCUT2D eigenvalue weighted by Gasteiger charge is -2.20. The number of alkyl halides is 1. The molecule has 0 bridgehead atoms. The van der Waals surface area contributed by atoms with Crippen molar-refractivity contribution in [3.05, 3.63) is 35.4 Å². The van der Waals surface area contributed by atoms with E-state index < -0.39 is 0 Å². The Labute approximate surface area is 130 Å². The highest BCUT2D eigenvalue weighted by molar-refractivity contribution is 9.09. The van der Waals surface area contributed by atoms with Gasteiger partial charge in [-0.2, -0.15) is 0 Å². The van der Waals surface area contributed by atoms with Gasteiger partial charge in [0.05, 0.1) is 0 Å². The van der Waals surface area contributed by atoms with Crippen LogP contribution in [0.1, 0.15) is 38.3 Å². The van der Waals surface area contributed by atoms with Crippen molar-refractivity contribution in [1.29, 1.82) is 0 Å². The van der Waals surface area contributed by atoms with Crippen molar-refractivity contribution in [1.82, 2.24) is 4.90 Å². The van der Waals surface area contributed by atoms with Crippen molar-refractivity contribution in [2.45, 2.75) is 39.0 Å². The van der Waals surface area contributed by atoms with Crippen molar-refractivity contribution in [2.24, 2.45) is 5.92 Å². The van der Waals surface area contributed by atoms with Gasteiger partial charge >= 0.3 is 0 Å². The predicted octanol–water partition coefficient (Wildman–Crippen LogP) is 3.77. The number of hydrogen-bond acceptors (Lipinski definition) is 1. The molecule has 1 fully saturated rings. The minimum atomic E-state index is 0.201. The van der Waals surface area contributed by atoms with Crippen LogP contribution >= 0.6 is 15.9 Å². The number of hydrogen-bond donors (Lipinski definition) is 0. The van der Waals surface area contributed by atoms with Gasteiger partial charge in [-0.3, -0.25) is 4.79 Å². The summed E-state index contributed by atoms with van der Waals surface area (Å²) in [4.78, 5) is 13.9. The Morgan fingerprint density at radius 2 is 1.90 bits per heavy atom. The van der Waals surface area contributed by atoms with Crippen LogP contribution in [0.15, 0.2) is 24.3 Å². The largest absolute Gasteiger partial charge is 0.342 e. The SMILES string of the molecule is CC(C)(C)c1ccc(CCN2CC(CBr)CC2=O)cc1. The van der Waals surface area contributed by atoms with Crippen LogP contribution in [0.5, 0.6) is 0 Å². The lowest BCUT2D eigenvalue weighted by atomic mass is 9.86. The Bertz CT molecular complexity index is 461. The van der Waals surface area contributed by atoms with Gasteiger partial charge in [0.2, 0.25) is 5.91 Å². The topological polar surface area (TPSA) is 20.3 Å². The van der Waals surface area contributed by atoms with E-state index in [9.17, 15) is 4.79 Å². The van der Waals surface area contributed by atoms with Crippen LogP contribution in [0, 0.1) is 5.92 Å². The molecule has 1 aliphatic heterocycles. The summed E-state index contributed by atoms with van der Waals surface area (Å²) in [5.74, 6) is 0.798. The second kappa shape index (κ2) is 6.30. The maximum Gasteiger partial charge on any atom is 0.222 e. The molecule has 1 unspecified atom stereocenters. The molecule has 0 spiro atoms. The van der Waals surface area contributed by atoms with Gasteiger partial charge in [-0.25, -0.2) is 0 Å². The zero-order valence-corrected chi connectivity index (χ0v) is 14.2. The molecule has 20 heavy (non-hydrogen) atoms. The number of nitrogens with zero attached hydrogens (tertiary/aromatic N) is 1. The molecular weight excluding hydrogens is 314 g/mol. The van der Waals surface area contributed by atoms with Gasteiger partial charge < -0.3 is 4.90 Å². The number of rotatable bonds is 4. The summed E-state index contributed by atoms with van der Waals surface area (Å²) in [5.41, 5.74) is 2.87. The second-order valence-electron chi connectivity index (χ2n) is 6.76.